The van der Waals surface area contributed by atoms with Gasteiger partial charge in [-0.15, -0.1) is 0 Å². The van der Waals surface area contributed by atoms with Crippen LogP contribution in [0.25, 0.3) is 0 Å². The summed E-state index contributed by atoms with van der Waals surface area (Å²) in [5, 5.41) is 9.20. The minimum absolute atomic E-state index is 0.114. The predicted molar refractivity (Wildman–Crippen MR) is 89.9 cm³/mol. The summed E-state index contributed by atoms with van der Waals surface area (Å²) >= 11 is 0. The van der Waals surface area contributed by atoms with Crippen LogP contribution in [0.5, 0.6) is 0 Å². The van der Waals surface area contributed by atoms with Crippen molar-refractivity contribution in [1.29, 1.82) is 0 Å². The Kier molecular flexibility index (Phi) is 13.4. The summed E-state index contributed by atoms with van der Waals surface area (Å²) < 4.78 is 26.4. The zero-order chi connectivity index (χ0) is 16.0. The van der Waals surface area contributed by atoms with E-state index in [4.69, 9.17) is 0 Å². The lowest BCUT2D eigenvalue weighted by Crippen LogP contribution is -2.38. The van der Waals surface area contributed by atoms with Crippen LogP contribution in [0.2, 0.25) is 0 Å². The molecule has 0 aliphatic carbocycles. The molecule has 5 heteroatoms. The van der Waals surface area contributed by atoms with Crippen LogP contribution in [0.4, 0.5) is 0 Å². The van der Waals surface area contributed by atoms with Crippen molar-refractivity contribution in [2.24, 2.45) is 0 Å². The van der Waals surface area contributed by atoms with Gasteiger partial charge in [-0.05, 0) is 12.8 Å². The number of rotatable bonds is 15. The monoisotopic (exact) mass is 321 g/mol. The number of sulfonamides is 1. The lowest BCUT2D eigenvalue weighted by Gasteiger charge is -2.16. The second kappa shape index (κ2) is 13.5. The lowest BCUT2D eigenvalue weighted by atomic mass is 10.1. The van der Waals surface area contributed by atoms with Gasteiger partial charge in [-0.3, -0.25) is 0 Å². The maximum Gasteiger partial charge on any atom is 0.211 e. The molecule has 0 heterocycles. The van der Waals surface area contributed by atoms with Crippen molar-refractivity contribution in [3.63, 3.8) is 0 Å². The summed E-state index contributed by atoms with van der Waals surface area (Å²) in [4.78, 5) is 0. The van der Waals surface area contributed by atoms with Gasteiger partial charge < -0.3 is 5.11 Å². The average Bonchev–Trinajstić information content (AvgIpc) is 2.46. The van der Waals surface area contributed by atoms with E-state index < -0.39 is 10.0 Å². The van der Waals surface area contributed by atoms with Gasteiger partial charge in [0.25, 0.3) is 0 Å². The van der Waals surface area contributed by atoms with E-state index in [9.17, 15) is 13.5 Å². The zero-order valence-corrected chi connectivity index (χ0v) is 14.8. The highest BCUT2D eigenvalue weighted by Gasteiger charge is 2.16. The van der Waals surface area contributed by atoms with Gasteiger partial charge >= 0.3 is 0 Å². The van der Waals surface area contributed by atoms with E-state index in [1.54, 1.807) is 0 Å². The molecule has 0 aromatic rings. The smallest absolute Gasteiger partial charge is 0.211 e. The quantitative estimate of drug-likeness (QED) is 0.453. The van der Waals surface area contributed by atoms with E-state index in [-0.39, 0.29) is 18.4 Å². The third kappa shape index (κ3) is 13.3. The fourth-order valence-electron chi connectivity index (χ4n) is 2.38. The fourth-order valence-corrected chi connectivity index (χ4v) is 3.78. The Balaban J connectivity index is 3.71. The minimum atomic E-state index is -3.23. The van der Waals surface area contributed by atoms with Gasteiger partial charge in [0.2, 0.25) is 10.0 Å². The molecular formula is C16H35NO3S. The maximum absolute atomic E-state index is 11.9. The highest BCUT2D eigenvalue weighted by atomic mass is 32.2. The van der Waals surface area contributed by atoms with E-state index in [0.29, 0.717) is 6.42 Å². The Bertz CT molecular complexity index is 317. The molecule has 0 spiro atoms. The number of aliphatic hydroxyl groups excluding tert-OH is 1. The van der Waals surface area contributed by atoms with Crippen LogP contribution in [-0.4, -0.2) is 31.9 Å². The molecule has 1 unspecified atom stereocenters. The Labute approximate surface area is 131 Å². The molecule has 0 aromatic carbocycles. The van der Waals surface area contributed by atoms with E-state index in [0.717, 1.165) is 32.1 Å². The van der Waals surface area contributed by atoms with Gasteiger partial charge in [0.15, 0.2) is 0 Å². The summed E-state index contributed by atoms with van der Waals surface area (Å²) in [7, 11) is -3.23. The molecule has 0 aliphatic rings. The van der Waals surface area contributed by atoms with Crippen molar-refractivity contribution in [2.45, 2.75) is 90.5 Å². The maximum atomic E-state index is 11.9. The van der Waals surface area contributed by atoms with Crippen molar-refractivity contribution in [2.75, 3.05) is 12.4 Å². The summed E-state index contributed by atoms with van der Waals surface area (Å²) in [5.41, 5.74) is 0. The highest BCUT2D eigenvalue weighted by molar-refractivity contribution is 7.89. The summed E-state index contributed by atoms with van der Waals surface area (Å²) in [6, 6.07) is -0.316. The van der Waals surface area contributed by atoms with Crippen molar-refractivity contribution < 1.29 is 13.5 Å². The van der Waals surface area contributed by atoms with Gasteiger partial charge in [0, 0.05) is 6.04 Å². The number of hydrogen-bond acceptors (Lipinski definition) is 3. The SMILES string of the molecule is CCCCCCCCCCS(=O)(=O)NC(CO)CCCC. The minimum Gasteiger partial charge on any atom is -0.395 e. The molecule has 0 saturated heterocycles. The fraction of sp³-hybridized carbons (Fsp3) is 1.00. The van der Waals surface area contributed by atoms with Crippen LogP contribution in [0, 0.1) is 0 Å². The first-order valence-electron chi connectivity index (χ1n) is 8.66. The average molecular weight is 322 g/mol. The molecule has 21 heavy (non-hydrogen) atoms. The van der Waals surface area contributed by atoms with Crippen LogP contribution >= 0.6 is 0 Å². The van der Waals surface area contributed by atoms with Crippen molar-refractivity contribution in [3.05, 3.63) is 0 Å². The highest BCUT2D eigenvalue weighted by Crippen LogP contribution is 2.09. The Morgan fingerprint density at radius 2 is 1.38 bits per heavy atom. The topological polar surface area (TPSA) is 66.4 Å². The lowest BCUT2D eigenvalue weighted by molar-refractivity contribution is 0.248. The zero-order valence-electron chi connectivity index (χ0n) is 13.9. The molecule has 0 radical (unpaired) electrons. The number of aliphatic hydroxyl groups is 1. The van der Waals surface area contributed by atoms with Crippen LogP contribution < -0.4 is 4.72 Å². The van der Waals surface area contributed by atoms with Crippen molar-refractivity contribution >= 4 is 10.0 Å². The Morgan fingerprint density at radius 3 is 1.90 bits per heavy atom. The van der Waals surface area contributed by atoms with E-state index in [2.05, 4.69) is 18.6 Å². The molecule has 128 valence electrons. The van der Waals surface area contributed by atoms with Crippen LogP contribution in [-0.2, 0) is 10.0 Å². The molecular weight excluding hydrogens is 286 g/mol. The van der Waals surface area contributed by atoms with Crippen LogP contribution in [0.3, 0.4) is 0 Å². The summed E-state index contributed by atoms with van der Waals surface area (Å²) in [5.74, 6) is 0.185. The number of hydrogen-bond donors (Lipinski definition) is 2. The first-order chi connectivity index (χ1) is 10.1. The molecule has 0 bridgehead atoms. The van der Waals surface area contributed by atoms with Crippen molar-refractivity contribution in [3.8, 4) is 0 Å². The van der Waals surface area contributed by atoms with Gasteiger partial charge in [-0.1, -0.05) is 71.6 Å². The largest absolute Gasteiger partial charge is 0.395 e. The Morgan fingerprint density at radius 1 is 0.857 bits per heavy atom. The van der Waals surface area contributed by atoms with Gasteiger partial charge in [-0.25, -0.2) is 13.1 Å². The molecule has 0 fully saturated rings. The van der Waals surface area contributed by atoms with E-state index in [1.807, 2.05) is 0 Å². The first kappa shape index (κ1) is 20.9. The molecule has 4 nitrogen and oxygen atoms in total. The first-order valence-corrected chi connectivity index (χ1v) is 10.3. The molecule has 2 N–H and O–H groups in total. The van der Waals surface area contributed by atoms with Crippen LogP contribution in [0.1, 0.15) is 84.5 Å². The summed E-state index contributed by atoms with van der Waals surface area (Å²) in [6.45, 7) is 4.15. The van der Waals surface area contributed by atoms with Gasteiger partial charge in [-0.2, -0.15) is 0 Å². The molecule has 0 rings (SSSR count). The number of nitrogens with one attached hydrogen (secondary N) is 1. The molecule has 0 aromatic heterocycles. The van der Waals surface area contributed by atoms with Gasteiger partial charge in [0.1, 0.15) is 0 Å². The second-order valence-corrected chi connectivity index (χ2v) is 7.81. The third-order valence-electron chi connectivity index (χ3n) is 3.74. The third-order valence-corrected chi connectivity index (χ3v) is 5.26. The molecule has 0 saturated carbocycles. The normalized spacial score (nSPS) is 13.5. The molecule has 1 atom stereocenters. The standard InChI is InChI=1S/C16H35NO3S/c1-3-5-7-8-9-10-11-12-14-21(19,20)17-16(15-18)13-6-4-2/h16-18H,3-15H2,1-2H3. The van der Waals surface area contributed by atoms with E-state index in [1.165, 1.54) is 32.1 Å². The number of unbranched alkanes of at least 4 members (excludes halogenated alkanes) is 8. The predicted octanol–water partition coefficient (Wildman–Crippen LogP) is 3.60. The second-order valence-electron chi connectivity index (χ2n) is 5.93. The molecule has 0 aliphatic heterocycles. The summed E-state index contributed by atoms with van der Waals surface area (Å²) in [6.07, 6.45) is 11.8. The van der Waals surface area contributed by atoms with Crippen molar-refractivity contribution in [1.82, 2.24) is 4.72 Å². The van der Waals surface area contributed by atoms with E-state index >= 15 is 0 Å². The van der Waals surface area contributed by atoms with Gasteiger partial charge in [0.05, 0.1) is 12.4 Å². The Hall–Kier alpha value is -0.130. The van der Waals surface area contributed by atoms with Crippen LogP contribution in [0.15, 0.2) is 0 Å². The molecule has 0 amide bonds.